The lowest BCUT2D eigenvalue weighted by Gasteiger charge is -2.27. The van der Waals surface area contributed by atoms with Gasteiger partial charge in [0.15, 0.2) is 29.1 Å². The molecule has 1 aromatic rings. The SMILES string of the molecule is OC1C(F)=C(F)C(F)(F)c2c(F)c(F)c(F)c(F)c21. The minimum atomic E-state index is -5.06. The fourth-order valence-electron chi connectivity index (χ4n) is 1.72. The van der Waals surface area contributed by atoms with Gasteiger partial charge in [-0.1, -0.05) is 0 Å². The summed E-state index contributed by atoms with van der Waals surface area (Å²) in [5.41, 5.74) is -4.14. The highest BCUT2D eigenvalue weighted by molar-refractivity contribution is 5.46. The second-order valence-corrected chi connectivity index (χ2v) is 3.68. The number of aliphatic hydroxyl groups is 1. The molecule has 0 heterocycles. The monoisotopic (exact) mass is 290 g/mol. The number of alkyl halides is 2. The smallest absolute Gasteiger partial charge is 0.330 e. The van der Waals surface area contributed by atoms with E-state index in [0.29, 0.717) is 0 Å². The summed E-state index contributed by atoms with van der Waals surface area (Å²) in [7, 11) is 0. The number of allylic oxidation sites excluding steroid dienone is 1. The van der Waals surface area contributed by atoms with E-state index in [4.69, 9.17) is 5.11 Å². The van der Waals surface area contributed by atoms with Crippen molar-refractivity contribution in [3.8, 4) is 0 Å². The average Bonchev–Trinajstić information content (AvgIpc) is 2.35. The molecule has 1 aliphatic rings. The first kappa shape index (κ1) is 13.8. The van der Waals surface area contributed by atoms with Gasteiger partial charge in [-0.25, -0.2) is 26.3 Å². The van der Waals surface area contributed by atoms with E-state index in [1.165, 1.54) is 0 Å². The van der Waals surface area contributed by atoms with Crippen LogP contribution in [-0.4, -0.2) is 5.11 Å². The van der Waals surface area contributed by atoms with Gasteiger partial charge in [-0.2, -0.15) is 8.78 Å². The molecular weight excluding hydrogens is 288 g/mol. The van der Waals surface area contributed by atoms with E-state index in [1.54, 1.807) is 0 Å². The predicted octanol–water partition coefficient (Wildman–Crippen LogP) is 3.53. The molecule has 1 unspecified atom stereocenters. The summed E-state index contributed by atoms with van der Waals surface area (Å²) in [6.07, 6.45) is -2.99. The molecular formula is C10H2F8O. The number of fused-ring (bicyclic) bond motifs is 1. The number of hydrogen-bond acceptors (Lipinski definition) is 1. The third-order valence-corrected chi connectivity index (χ3v) is 2.62. The Hall–Kier alpha value is -1.64. The Morgan fingerprint density at radius 3 is 1.79 bits per heavy atom. The molecule has 2 rings (SSSR count). The molecule has 1 nitrogen and oxygen atoms in total. The summed E-state index contributed by atoms with van der Waals surface area (Å²) < 4.78 is 105. The Kier molecular flexibility index (Phi) is 2.85. The standard InChI is InChI=1S/C10H2F8O/c11-3-1-2(4(12)6(14)5(3)13)10(17,18)9(16)7(15)8(1)19/h8,19H. The van der Waals surface area contributed by atoms with Crippen molar-refractivity contribution in [2.75, 3.05) is 0 Å². The van der Waals surface area contributed by atoms with E-state index in [1.807, 2.05) is 0 Å². The van der Waals surface area contributed by atoms with E-state index >= 15 is 0 Å². The van der Waals surface area contributed by atoms with Crippen molar-refractivity contribution in [3.05, 3.63) is 46.0 Å². The van der Waals surface area contributed by atoms with Gasteiger partial charge in [-0.05, 0) is 0 Å². The van der Waals surface area contributed by atoms with Gasteiger partial charge in [0.1, 0.15) is 6.10 Å². The van der Waals surface area contributed by atoms with E-state index in [2.05, 4.69) is 0 Å². The van der Waals surface area contributed by atoms with Crippen LogP contribution in [0.4, 0.5) is 35.1 Å². The Morgan fingerprint density at radius 1 is 0.789 bits per heavy atom. The molecule has 0 fully saturated rings. The zero-order chi connectivity index (χ0) is 14.7. The molecule has 1 N–H and O–H groups in total. The molecule has 0 radical (unpaired) electrons. The molecule has 0 spiro atoms. The van der Waals surface area contributed by atoms with Crippen molar-refractivity contribution in [1.82, 2.24) is 0 Å². The number of hydrogen-bond donors (Lipinski definition) is 1. The molecule has 1 aliphatic carbocycles. The zero-order valence-corrected chi connectivity index (χ0v) is 8.55. The lowest BCUT2D eigenvalue weighted by Crippen LogP contribution is -2.29. The highest BCUT2D eigenvalue weighted by atomic mass is 19.3. The van der Waals surface area contributed by atoms with Crippen LogP contribution in [0.15, 0.2) is 11.7 Å². The summed E-state index contributed by atoms with van der Waals surface area (Å²) in [5, 5.41) is 9.05. The molecule has 19 heavy (non-hydrogen) atoms. The van der Waals surface area contributed by atoms with Crippen LogP contribution in [0.3, 0.4) is 0 Å². The Balaban J connectivity index is 2.96. The van der Waals surface area contributed by atoms with Crippen LogP contribution in [0.25, 0.3) is 0 Å². The van der Waals surface area contributed by atoms with Crippen LogP contribution in [0.2, 0.25) is 0 Å². The Morgan fingerprint density at radius 2 is 1.26 bits per heavy atom. The van der Waals surface area contributed by atoms with Gasteiger partial charge in [-0.15, -0.1) is 0 Å². The van der Waals surface area contributed by atoms with Crippen LogP contribution in [0.5, 0.6) is 0 Å². The van der Waals surface area contributed by atoms with Gasteiger partial charge >= 0.3 is 5.92 Å². The maximum absolute atomic E-state index is 13.3. The fourth-order valence-corrected chi connectivity index (χ4v) is 1.72. The molecule has 0 saturated heterocycles. The average molecular weight is 290 g/mol. The quantitative estimate of drug-likeness (QED) is 0.440. The molecule has 0 bridgehead atoms. The van der Waals surface area contributed by atoms with Crippen LogP contribution >= 0.6 is 0 Å². The first-order chi connectivity index (χ1) is 8.62. The van der Waals surface area contributed by atoms with Gasteiger partial charge in [0, 0.05) is 5.56 Å². The van der Waals surface area contributed by atoms with Crippen LogP contribution < -0.4 is 0 Å². The lowest BCUT2D eigenvalue weighted by molar-refractivity contribution is -0.0116. The molecule has 104 valence electrons. The zero-order valence-electron chi connectivity index (χ0n) is 8.55. The third-order valence-electron chi connectivity index (χ3n) is 2.62. The highest BCUT2D eigenvalue weighted by Gasteiger charge is 2.53. The summed E-state index contributed by atoms with van der Waals surface area (Å²) in [5.74, 6) is -20.6. The normalized spacial score (nSPS) is 21.6. The van der Waals surface area contributed by atoms with E-state index in [-0.39, 0.29) is 0 Å². The van der Waals surface area contributed by atoms with Gasteiger partial charge < -0.3 is 5.11 Å². The molecule has 0 amide bonds. The largest absolute Gasteiger partial charge is 0.381 e. The molecule has 1 aromatic carbocycles. The highest BCUT2D eigenvalue weighted by Crippen LogP contribution is 2.51. The Bertz CT molecular complexity index is 606. The number of rotatable bonds is 0. The summed E-state index contributed by atoms with van der Waals surface area (Å²) >= 11 is 0. The van der Waals surface area contributed by atoms with E-state index < -0.39 is 58.1 Å². The van der Waals surface area contributed by atoms with Crippen molar-refractivity contribution in [1.29, 1.82) is 0 Å². The van der Waals surface area contributed by atoms with Crippen molar-refractivity contribution in [2.24, 2.45) is 0 Å². The maximum atomic E-state index is 13.3. The summed E-state index contributed by atoms with van der Waals surface area (Å²) in [6, 6.07) is 0. The van der Waals surface area contributed by atoms with Gasteiger partial charge in [-0.3, -0.25) is 0 Å². The van der Waals surface area contributed by atoms with Gasteiger partial charge in [0.2, 0.25) is 5.83 Å². The van der Waals surface area contributed by atoms with Crippen molar-refractivity contribution < 1.29 is 40.2 Å². The Labute approximate surface area is 99.3 Å². The fraction of sp³-hybridized carbons (Fsp3) is 0.200. The molecule has 1 atom stereocenters. The second kappa shape index (κ2) is 3.92. The van der Waals surface area contributed by atoms with Crippen LogP contribution in [0, 0.1) is 23.3 Å². The molecule has 9 heteroatoms. The molecule has 0 aliphatic heterocycles. The lowest BCUT2D eigenvalue weighted by atomic mass is 9.89. The first-order valence-corrected chi connectivity index (χ1v) is 4.60. The van der Waals surface area contributed by atoms with E-state index in [9.17, 15) is 35.1 Å². The third kappa shape index (κ3) is 1.57. The predicted molar refractivity (Wildman–Crippen MR) is 44.4 cm³/mol. The van der Waals surface area contributed by atoms with Gasteiger partial charge in [0.25, 0.3) is 0 Å². The van der Waals surface area contributed by atoms with E-state index in [0.717, 1.165) is 0 Å². The first-order valence-electron chi connectivity index (χ1n) is 4.60. The number of halogens is 8. The van der Waals surface area contributed by atoms with Crippen LogP contribution in [0.1, 0.15) is 17.2 Å². The van der Waals surface area contributed by atoms with Crippen molar-refractivity contribution >= 4 is 0 Å². The summed E-state index contributed by atoms with van der Waals surface area (Å²) in [6.45, 7) is 0. The topological polar surface area (TPSA) is 20.2 Å². The van der Waals surface area contributed by atoms with Gasteiger partial charge in [0.05, 0.1) is 5.56 Å². The molecule has 0 aromatic heterocycles. The van der Waals surface area contributed by atoms with Crippen LogP contribution in [-0.2, 0) is 5.92 Å². The second-order valence-electron chi connectivity index (χ2n) is 3.68. The molecule has 0 saturated carbocycles. The number of aliphatic hydroxyl groups excluding tert-OH is 1. The minimum Gasteiger partial charge on any atom is -0.381 e. The van der Waals surface area contributed by atoms with Crippen molar-refractivity contribution in [3.63, 3.8) is 0 Å². The number of benzene rings is 1. The minimum absolute atomic E-state index is 1.87. The maximum Gasteiger partial charge on any atom is 0.330 e. The summed E-state index contributed by atoms with van der Waals surface area (Å²) in [4.78, 5) is 0. The van der Waals surface area contributed by atoms with Crippen molar-refractivity contribution in [2.45, 2.75) is 12.0 Å².